The Bertz CT molecular complexity index is 1240. The Balaban J connectivity index is 1.06. The Hall–Kier alpha value is -4.16. The number of nitrogens with zero attached hydrogens (tertiary/aromatic N) is 4. The summed E-state index contributed by atoms with van der Waals surface area (Å²) in [5.41, 5.74) is 1.83. The molecule has 0 spiro atoms. The molecule has 10 nitrogen and oxygen atoms in total. The third-order valence-corrected chi connectivity index (χ3v) is 6.47. The number of rotatable bonds is 8. The third kappa shape index (κ3) is 6.39. The van der Waals surface area contributed by atoms with E-state index in [1.54, 1.807) is 16.7 Å². The Morgan fingerprint density at radius 2 is 1.71 bits per heavy atom. The fourth-order valence-electron chi connectivity index (χ4n) is 4.55. The fourth-order valence-corrected chi connectivity index (χ4v) is 4.55. The van der Waals surface area contributed by atoms with Crippen LogP contribution in [0.2, 0.25) is 0 Å². The molecule has 0 radical (unpaired) electrons. The van der Waals surface area contributed by atoms with Gasteiger partial charge in [-0.15, -0.1) is 13.2 Å². The summed E-state index contributed by atoms with van der Waals surface area (Å²) in [5.74, 6) is 0.229. The van der Waals surface area contributed by atoms with E-state index < -0.39 is 11.3 Å². The summed E-state index contributed by atoms with van der Waals surface area (Å²) in [6.07, 6.45) is -1.15. The highest BCUT2D eigenvalue weighted by Crippen LogP contribution is 2.28. The Morgan fingerprint density at radius 3 is 2.37 bits per heavy atom. The van der Waals surface area contributed by atoms with Crippen molar-refractivity contribution in [2.75, 3.05) is 29.9 Å². The van der Waals surface area contributed by atoms with Crippen LogP contribution >= 0.6 is 0 Å². The van der Waals surface area contributed by atoms with Gasteiger partial charge in [0.05, 0.1) is 0 Å². The molecule has 3 heterocycles. The molecule has 202 valence electrons. The zero-order valence-corrected chi connectivity index (χ0v) is 20.3. The van der Waals surface area contributed by atoms with Crippen molar-refractivity contribution in [2.45, 2.75) is 44.3 Å². The molecule has 2 aromatic carbocycles. The predicted octanol–water partition coefficient (Wildman–Crippen LogP) is 5.00. The van der Waals surface area contributed by atoms with Crippen LogP contribution in [0.25, 0.3) is 0 Å². The van der Waals surface area contributed by atoms with Crippen LogP contribution in [0, 0.1) is 10.1 Å². The minimum absolute atomic E-state index is 0.218. The lowest BCUT2D eigenvalue weighted by atomic mass is 10.0. The van der Waals surface area contributed by atoms with E-state index in [4.69, 9.17) is 9.47 Å². The van der Waals surface area contributed by atoms with E-state index in [1.165, 1.54) is 18.3 Å². The molecule has 5 rings (SSSR count). The molecular formula is C25H26F3N5O5. The van der Waals surface area contributed by atoms with E-state index in [2.05, 4.69) is 19.9 Å². The molecule has 38 heavy (non-hydrogen) atoms. The molecule has 2 aliphatic rings. The van der Waals surface area contributed by atoms with Gasteiger partial charge in [0.2, 0.25) is 0 Å². The first kappa shape index (κ1) is 25.5. The smallest absolute Gasteiger partial charge is 0.490 e. The molecule has 3 aromatic rings. The Labute approximate surface area is 216 Å². The number of imidazole rings is 1. The highest BCUT2D eigenvalue weighted by molar-refractivity contribution is 5.51. The number of aryl methyl sites for hydroxylation is 1. The van der Waals surface area contributed by atoms with Crippen molar-refractivity contribution in [3.05, 3.63) is 64.8 Å². The summed E-state index contributed by atoms with van der Waals surface area (Å²) in [6, 6.07) is 14.0. The molecule has 1 aromatic heterocycles. The molecule has 1 atom stereocenters. The number of nitro groups is 1. The molecule has 0 saturated carbocycles. The molecule has 0 amide bonds. The molecule has 0 aliphatic carbocycles. The minimum atomic E-state index is -4.70. The maximum Gasteiger partial charge on any atom is 0.573 e. The van der Waals surface area contributed by atoms with Gasteiger partial charge in [0.15, 0.2) is 0 Å². The lowest BCUT2D eigenvalue weighted by Gasteiger charge is -2.34. The number of nitrogens with one attached hydrogen (secondary N) is 1. The largest absolute Gasteiger partial charge is 0.573 e. The molecule has 0 bridgehead atoms. The number of anilines is 2. The molecule has 13 heteroatoms. The zero-order chi connectivity index (χ0) is 26.7. The number of benzene rings is 2. The number of fused-ring (bicyclic) bond motifs is 1. The molecule has 1 fully saturated rings. The lowest BCUT2D eigenvalue weighted by Crippen LogP contribution is -2.39. The quantitative estimate of drug-likeness (QED) is 0.319. The van der Waals surface area contributed by atoms with Crippen molar-refractivity contribution in [2.24, 2.45) is 0 Å². The number of aromatic nitrogens is 2. The maximum absolute atomic E-state index is 12.3. The van der Waals surface area contributed by atoms with Crippen molar-refractivity contribution < 1.29 is 32.3 Å². The van der Waals surface area contributed by atoms with Crippen molar-refractivity contribution in [1.82, 2.24) is 9.55 Å². The monoisotopic (exact) mass is 533 g/mol. The number of alkyl halides is 3. The van der Waals surface area contributed by atoms with Crippen LogP contribution < -0.4 is 24.4 Å². The summed E-state index contributed by atoms with van der Waals surface area (Å²) >= 11 is 0. The standard InChI is InChI=1S/C25H26F3N5O5/c26-25(27,28)38-21-5-1-17(2-6-21)29-18-9-12-31(13-10-18)19-3-7-20(8-4-19)36-16-22-11-14-32-15-23(33(34)35)30-24(32)37-22/h1-8,15,18,22,29H,9-14,16H2/t22-/m1/s1. The minimum Gasteiger partial charge on any atom is -0.490 e. The van der Waals surface area contributed by atoms with Gasteiger partial charge in [-0.3, -0.25) is 4.57 Å². The van der Waals surface area contributed by atoms with Gasteiger partial charge < -0.3 is 34.5 Å². The van der Waals surface area contributed by atoms with Gasteiger partial charge in [0.1, 0.15) is 30.4 Å². The van der Waals surface area contributed by atoms with E-state index in [0.29, 0.717) is 25.3 Å². The van der Waals surface area contributed by atoms with Gasteiger partial charge in [-0.2, -0.15) is 0 Å². The van der Waals surface area contributed by atoms with Gasteiger partial charge in [-0.05, 0) is 66.3 Å². The van der Waals surface area contributed by atoms with Gasteiger partial charge in [-0.25, -0.2) is 0 Å². The van der Waals surface area contributed by atoms with Crippen LogP contribution in [0.3, 0.4) is 0 Å². The summed E-state index contributed by atoms with van der Waals surface area (Å²) < 4.78 is 54.1. The SMILES string of the molecule is O=[N+]([O-])c1cn2c(n1)O[C@@H](COc1ccc(N3CCC(Nc4ccc(OC(F)(F)F)cc4)CC3)cc1)CC2. The second kappa shape index (κ2) is 10.7. The zero-order valence-electron chi connectivity index (χ0n) is 20.3. The second-order valence-corrected chi connectivity index (χ2v) is 9.14. The van der Waals surface area contributed by atoms with Crippen LogP contribution in [-0.2, 0) is 6.54 Å². The van der Waals surface area contributed by atoms with Gasteiger partial charge in [0, 0.05) is 48.5 Å². The van der Waals surface area contributed by atoms with Crippen LogP contribution in [0.15, 0.2) is 54.7 Å². The van der Waals surface area contributed by atoms with Crippen molar-refractivity contribution >= 4 is 17.2 Å². The molecule has 0 unspecified atom stereocenters. The number of ether oxygens (including phenoxy) is 3. The fraction of sp³-hybridized carbons (Fsp3) is 0.400. The Morgan fingerprint density at radius 1 is 1.03 bits per heavy atom. The number of hydrogen-bond acceptors (Lipinski definition) is 8. The Kier molecular flexibility index (Phi) is 7.16. The van der Waals surface area contributed by atoms with Crippen LogP contribution in [0.4, 0.5) is 30.4 Å². The maximum atomic E-state index is 12.3. The first-order valence-corrected chi connectivity index (χ1v) is 12.2. The second-order valence-electron chi connectivity index (χ2n) is 9.14. The summed E-state index contributed by atoms with van der Waals surface area (Å²) in [5, 5.41) is 14.3. The van der Waals surface area contributed by atoms with Crippen molar-refractivity contribution in [3.8, 4) is 17.5 Å². The molecule has 1 N–H and O–H groups in total. The van der Waals surface area contributed by atoms with Crippen molar-refractivity contribution in [3.63, 3.8) is 0 Å². The van der Waals surface area contributed by atoms with Gasteiger partial charge in [0.25, 0.3) is 0 Å². The average Bonchev–Trinajstić information content (AvgIpc) is 3.33. The molecule has 1 saturated heterocycles. The van der Waals surface area contributed by atoms with Crippen molar-refractivity contribution in [1.29, 1.82) is 0 Å². The van der Waals surface area contributed by atoms with Gasteiger partial charge in [-0.1, -0.05) is 0 Å². The number of hydrogen-bond donors (Lipinski definition) is 1. The van der Waals surface area contributed by atoms with E-state index in [0.717, 1.165) is 37.3 Å². The highest BCUT2D eigenvalue weighted by atomic mass is 19.4. The first-order valence-electron chi connectivity index (χ1n) is 12.2. The lowest BCUT2D eigenvalue weighted by molar-refractivity contribution is -0.389. The average molecular weight is 534 g/mol. The predicted molar refractivity (Wildman–Crippen MR) is 132 cm³/mol. The van der Waals surface area contributed by atoms with Gasteiger partial charge >= 0.3 is 18.2 Å². The molecular weight excluding hydrogens is 507 g/mol. The van der Waals surface area contributed by atoms with Crippen LogP contribution in [0.1, 0.15) is 19.3 Å². The van der Waals surface area contributed by atoms with E-state index in [9.17, 15) is 23.3 Å². The van der Waals surface area contributed by atoms with Crippen LogP contribution in [-0.4, -0.2) is 52.7 Å². The number of halogens is 3. The third-order valence-electron chi connectivity index (χ3n) is 6.47. The van der Waals surface area contributed by atoms with E-state index >= 15 is 0 Å². The normalized spacial score (nSPS) is 17.9. The molecule has 2 aliphatic heterocycles. The first-order chi connectivity index (χ1) is 18.2. The summed E-state index contributed by atoms with van der Waals surface area (Å²) in [6.45, 7) is 2.55. The van der Waals surface area contributed by atoms with E-state index in [1.807, 2.05) is 24.3 Å². The summed E-state index contributed by atoms with van der Waals surface area (Å²) in [7, 11) is 0. The van der Waals surface area contributed by atoms with Crippen LogP contribution in [0.5, 0.6) is 17.5 Å². The van der Waals surface area contributed by atoms with E-state index in [-0.39, 0.29) is 29.7 Å². The summed E-state index contributed by atoms with van der Waals surface area (Å²) in [4.78, 5) is 16.5. The highest BCUT2D eigenvalue weighted by Gasteiger charge is 2.31. The number of piperidine rings is 1. The topological polar surface area (TPSA) is 104 Å².